The third kappa shape index (κ3) is 8.85. The quantitative estimate of drug-likeness (QED) is 0.123. The molecule has 3 N–H and O–H groups in total. The second-order valence-corrected chi connectivity index (χ2v) is 16.7. The van der Waals surface area contributed by atoms with E-state index in [9.17, 15) is 33.0 Å². The monoisotopic (exact) mass is 762 g/mol. The minimum atomic E-state index is -4.83. The molecule has 7 rings (SSSR count). The third-order valence-corrected chi connectivity index (χ3v) is 12.4. The number of alkyl halides is 3. The van der Waals surface area contributed by atoms with Crippen molar-refractivity contribution in [2.75, 3.05) is 6.54 Å². The molecule has 0 aliphatic heterocycles. The van der Waals surface area contributed by atoms with Crippen molar-refractivity contribution in [3.8, 4) is 5.75 Å². The number of benzene rings is 3. The summed E-state index contributed by atoms with van der Waals surface area (Å²) in [6.07, 6.45) is 0.616. The summed E-state index contributed by atoms with van der Waals surface area (Å²) in [6.45, 7) is 7.80. The summed E-state index contributed by atoms with van der Waals surface area (Å²) in [7, 11) is 0. The van der Waals surface area contributed by atoms with Gasteiger partial charge in [-0.2, -0.15) is 0 Å². The van der Waals surface area contributed by atoms with Crippen LogP contribution in [0.25, 0.3) is 10.1 Å². The van der Waals surface area contributed by atoms with Gasteiger partial charge in [0.05, 0.1) is 23.1 Å². The van der Waals surface area contributed by atoms with Crippen molar-refractivity contribution in [2.45, 2.75) is 109 Å². The Hall–Kier alpha value is -4.19. The molecule has 54 heavy (non-hydrogen) atoms. The Balaban J connectivity index is 1.40. The van der Waals surface area contributed by atoms with Crippen molar-refractivity contribution in [2.24, 2.45) is 5.41 Å². The van der Waals surface area contributed by atoms with Gasteiger partial charge in [0.1, 0.15) is 5.75 Å². The molecular weight excluding hydrogens is 714 g/mol. The molecule has 1 heterocycles. The van der Waals surface area contributed by atoms with E-state index in [-0.39, 0.29) is 36.6 Å². The van der Waals surface area contributed by atoms with E-state index in [4.69, 9.17) is 0 Å². The van der Waals surface area contributed by atoms with Crippen LogP contribution in [-0.2, 0) is 13.0 Å². The van der Waals surface area contributed by atoms with Gasteiger partial charge in [-0.3, -0.25) is 4.79 Å². The maximum absolute atomic E-state index is 14.6. The highest BCUT2D eigenvalue weighted by molar-refractivity contribution is 7.21. The summed E-state index contributed by atoms with van der Waals surface area (Å²) < 4.78 is 43.6. The van der Waals surface area contributed by atoms with E-state index < -0.39 is 29.5 Å². The number of fused-ring (bicyclic) bond motifs is 9. The molecule has 3 aliphatic carbocycles. The summed E-state index contributed by atoms with van der Waals surface area (Å²) >= 11 is 1.45. The first-order chi connectivity index (χ1) is 25.5. The number of urea groups is 1. The zero-order valence-electron chi connectivity index (χ0n) is 31.2. The number of thiophene rings is 1. The van der Waals surface area contributed by atoms with Crippen molar-refractivity contribution < 1.29 is 37.7 Å². The van der Waals surface area contributed by atoms with Gasteiger partial charge >= 0.3 is 12.4 Å². The molecule has 3 aromatic carbocycles. The first-order valence-electron chi connectivity index (χ1n) is 18.7. The van der Waals surface area contributed by atoms with Crippen LogP contribution < -0.4 is 10.1 Å². The number of rotatable bonds is 8. The normalized spacial score (nSPS) is 23.5. The number of hydrogen-bond acceptors (Lipinski definition) is 6. The fourth-order valence-electron chi connectivity index (χ4n) is 8.29. The first-order valence-corrected chi connectivity index (χ1v) is 19.5. The van der Waals surface area contributed by atoms with Gasteiger partial charge in [-0.1, -0.05) is 61.0 Å². The van der Waals surface area contributed by atoms with Gasteiger partial charge in [0.15, 0.2) is 0 Å². The fraction of sp³-hybridized carbons (Fsp3) is 0.442. The number of hydrogen-bond donors (Lipinski definition) is 3. The second kappa shape index (κ2) is 15.9. The molecule has 4 atom stereocenters. The van der Waals surface area contributed by atoms with Crippen LogP contribution in [0, 0.1) is 5.41 Å². The lowest BCUT2D eigenvalue weighted by Gasteiger charge is -2.46. The lowest BCUT2D eigenvalue weighted by atomic mass is 9.64. The Bertz CT molecular complexity index is 1970. The van der Waals surface area contributed by atoms with Crippen molar-refractivity contribution in [3.63, 3.8) is 0 Å². The topological polar surface area (TPSA) is 99.1 Å². The van der Waals surface area contributed by atoms with Crippen LogP contribution in [0.1, 0.15) is 104 Å². The van der Waals surface area contributed by atoms with Crippen molar-refractivity contribution >= 4 is 33.2 Å². The smallest absolute Gasteiger partial charge is 0.406 e. The highest BCUT2D eigenvalue weighted by atomic mass is 32.1. The van der Waals surface area contributed by atoms with E-state index in [1.807, 2.05) is 62.4 Å². The SMILES string of the molecule is CC1=CCCC2(C)C(CCC2(O)CN(Cc2ccc(OC(F)(F)F)cc2)C(=O)NC(C)C)c2ccc(cc2C(=O)c2cc3ccccc3s2)CC(O)CC1. The predicted octanol–water partition coefficient (Wildman–Crippen LogP) is 9.69. The van der Waals surface area contributed by atoms with E-state index >= 15 is 0 Å². The van der Waals surface area contributed by atoms with Crippen LogP contribution in [-0.4, -0.2) is 57.6 Å². The molecular formula is C43H49F3N2O5S. The minimum absolute atomic E-state index is 0.0358. The summed E-state index contributed by atoms with van der Waals surface area (Å²) in [5.41, 5.74) is 1.80. The molecule has 4 aromatic rings. The molecule has 3 aliphatic rings. The van der Waals surface area contributed by atoms with E-state index in [1.165, 1.54) is 40.5 Å². The Morgan fingerprint density at radius 3 is 2.48 bits per heavy atom. The van der Waals surface area contributed by atoms with Crippen LogP contribution in [0.2, 0.25) is 0 Å². The van der Waals surface area contributed by atoms with Crippen LogP contribution in [0.3, 0.4) is 0 Å². The van der Waals surface area contributed by atoms with Crippen molar-refractivity contribution in [1.82, 2.24) is 10.2 Å². The molecule has 2 amide bonds. The highest BCUT2D eigenvalue weighted by Crippen LogP contribution is 2.59. The lowest BCUT2D eigenvalue weighted by Crippen LogP contribution is -2.55. The molecule has 0 saturated heterocycles. The fourth-order valence-corrected chi connectivity index (χ4v) is 9.31. The summed E-state index contributed by atoms with van der Waals surface area (Å²) in [5.74, 6) is -0.710. The van der Waals surface area contributed by atoms with Crippen molar-refractivity contribution in [1.29, 1.82) is 0 Å². The average Bonchev–Trinajstić information content (AvgIpc) is 3.65. The number of aliphatic hydroxyl groups is 2. The zero-order chi connectivity index (χ0) is 38.8. The summed E-state index contributed by atoms with van der Waals surface area (Å²) in [6, 6.07) is 20.5. The van der Waals surface area contributed by atoms with E-state index in [2.05, 4.69) is 30.0 Å². The molecule has 1 aromatic heterocycles. The largest absolute Gasteiger partial charge is 0.573 e. The van der Waals surface area contributed by atoms with Crippen LogP contribution >= 0.6 is 11.3 Å². The molecule has 11 heteroatoms. The van der Waals surface area contributed by atoms with Crippen molar-refractivity contribution in [3.05, 3.63) is 112 Å². The number of nitrogens with one attached hydrogen (secondary N) is 1. The van der Waals surface area contributed by atoms with Crippen LogP contribution in [0.15, 0.2) is 84.4 Å². The number of allylic oxidation sites excluding steroid dienone is 2. The molecule has 288 valence electrons. The molecule has 1 saturated carbocycles. The van der Waals surface area contributed by atoms with Gasteiger partial charge < -0.3 is 25.2 Å². The predicted molar refractivity (Wildman–Crippen MR) is 206 cm³/mol. The Morgan fingerprint density at radius 2 is 1.78 bits per heavy atom. The van der Waals surface area contributed by atoms with Gasteiger partial charge in [0.25, 0.3) is 0 Å². The van der Waals surface area contributed by atoms with Gasteiger partial charge in [-0.15, -0.1) is 24.5 Å². The number of aliphatic hydroxyl groups excluding tert-OH is 1. The maximum atomic E-state index is 14.6. The number of carbonyl (C=O) groups is 2. The Labute approximate surface area is 318 Å². The van der Waals surface area contributed by atoms with Gasteiger partial charge in [0.2, 0.25) is 5.78 Å². The minimum Gasteiger partial charge on any atom is -0.406 e. The molecule has 2 bridgehead atoms. The van der Waals surface area contributed by atoms with Gasteiger partial charge in [0, 0.05) is 28.3 Å². The molecule has 7 nitrogen and oxygen atoms in total. The number of nitrogens with zero attached hydrogens (tertiary/aromatic N) is 1. The maximum Gasteiger partial charge on any atom is 0.573 e. The summed E-state index contributed by atoms with van der Waals surface area (Å²) in [4.78, 5) is 30.5. The number of ketones is 1. The number of ether oxygens (including phenoxy) is 1. The molecule has 4 unspecified atom stereocenters. The average molecular weight is 763 g/mol. The Kier molecular flexibility index (Phi) is 11.6. The van der Waals surface area contributed by atoms with Crippen LogP contribution in [0.5, 0.6) is 5.75 Å². The third-order valence-electron chi connectivity index (χ3n) is 11.2. The van der Waals surface area contributed by atoms with E-state index in [0.717, 1.165) is 26.8 Å². The highest BCUT2D eigenvalue weighted by Gasteiger charge is 2.57. The van der Waals surface area contributed by atoms with Gasteiger partial charge in [-0.25, -0.2) is 4.79 Å². The number of halogens is 3. The summed E-state index contributed by atoms with van der Waals surface area (Å²) in [5, 5.41) is 27.9. The Morgan fingerprint density at radius 1 is 1.04 bits per heavy atom. The van der Waals surface area contributed by atoms with Gasteiger partial charge in [-0.05, 0) is 124 Å². The van der Waals surface area contributed by atoms with Crippen LogP contribution in [0.4, 0.5) is 18.0 Å². The standard InChI is InChI=1S/C43H49F3N2O5S/c1-27(2)47-40(51)48(25-29-12-16-33(17-13-29)53-43(44,45)46)26-42(52)21-19-36-34-18-14-30(22-32(49)15-11-28(3)8-7-20-41(36,42)4)23-35(34)39(50)38-24-31-9-5-6-10-37(31)54-38/h5-6,8-10,12-14,16-18,23-24,27,32,36,49,52H,7,11,15,19-22,25-26H2,1-4H3,(H,47,51). The number of carbonyl (C=O) groups excluding carboxylic acids is 2. The number of amides is 2. The lowest BCUT2D eigenvalue weighted by molar-refractivity contribution is -0.274. The molecule has 0 radical (unpaired) electrons. The first kappa shape index (κ1) is 39.5. The van der Waals surface area contributed by atoms with E-state index in [1.54, 1.807) is 0 Å². The zero-order valence-corrected chi connectivity index (χ0v) is 32.0. The molecule has 1 fully saturated rings. The second-order valence-electron chi connectivity index (χ2n) is 15.6. The van der Waals surface area contributed by atoms with E-state index in [0.29, 0.717) is 60.9 Å². The molecule has 0 spiro atoms.